The Morgan fingerprint density at radius 1 is 1.31 bits per heavy atom. The van der Waals surface area contributed by atoms with Crippen LogP contribution in [-0.2, 0) is 5.41 Å². The van der Waals surface area contributed by atoms with Crippen LogP contribution >= 0.6 is 0 Å². The molecule has 0 radical (unpaired) electrons. The van der Waals surface area contributed by atoms with Crippen molar-refractivity contribution in [3.05, 3.63) is 35.6 Å². The lowest BCUT2D eigenvalue weighted by Gasteiger charge is -2.43. The molecule has 1 N–H and O–H groups in total. The Hall–Kier alpha value is -0.890. The van der Waals surface area contributed by atoms with E-state index >= 15 is 0 Å². The van der Waals surface area contributed by atoms with Gasteiger partial charge in [0.05, 0.1) is 0 Å². The van der Waals surface area contributed by atoms with Crippen molar-refractivity contribution in [1.29, 1.82) is 0 Å². The lowest BCUT2D eigenvalue weighted by atomic mass is 9.71. The van der Waals surface area contributed by atoms with Crippen LogP contribution < -0.4 is 5.32 Å². The molecule has 1 heterocycles. The standard InChI is InChI=1S/C14H20FN/c1-2-3-4-8-14(10-16-11-14)12-6-5-7-13(15)9-12/h5-7,9,16H,2-4,8,10-11H2,1H3. The van der Waals surface area contributed by atoms with Crippen molar-refractivity contribution >= 4 is 0 Å². The maximum atomic E-state index is 13.2. The van der Waals surface area contributed by atoms with Gasteiger partial charge in [0.2, 0.25) is 0 Å². The quantitative estimate of drug-likeness (QED) is 0.753. The van der Waals surface area contributed by atoms with E-state index in [2.05, 4.69) is 18.3 Å². The van der Waals surface area contributed by atoms with Crippen LogP contribution in [0.2, 0.25) is 0 Å². The average molecular weight is 221 g/mol. The Bertz CT molecular complexity index is 344. The maximum Gasteiger partial charge on any atom is 0.123 e. The van der Waals surface area contributed by atoms with Crippen molar-refractivity contribution in [2.45, 2.75) is 38.0 Å². The van der Waals surface area contributed by atoms with E-state index in [-0.39, 0.29) is 11.2 Å². The molecule has 0 spiro atoms. The fourth-order valence-corrected chi connectivity index (χ4v) is 2.48. The van der Waals surface area contributed by atoms with E-state index < -0.39 is 0 Å². The van der Waals surface area contributed by atoms with Crippen molar-refractivity contribution in [2.75, 3.05) is 13.1 Å². The largest absolute Gasteiger partial charge is 0.315 e. The molecule has 88 valence electrons. The molecule has 0 amide bonds. The van der Waals surface area contributed by atoms with Crippen LogP contribution in [0.1, 0.15) is 38.2 Å². The number of unbranched alkanes of at least 4 members (excludes halogenated alkanes) is 2. The average Bonchev–Trinajstić information content (AvgIpc) is 2.22. The second kappa shape index (κ2) is 4.96. The number of nitrogens with one attached hydrogen (secondary N) is 1. The van der Waals surface area contributed by atoms with Crippen LogP contribution in [0.4, 0.5) is 4.39 Å². The normalized spacial score (nSPS) is 18.1. The first-order valence-corrected chi connectivity index (χ1v) is 6.24. The van der Waals surface area contributed by atoms with Gasteiger partial charge in [-0.3, -0.25) is 0 Å². The van der Waals surface area contributed by atoms with Gasteiger partial charge in [0.15, 0.2) is 0 Å². The molecule has 0 unspecified atom stereocenters. The molecule has 0 aliphatic carbocycles. The summed E-state index contributed by atoms with van der Waals surface area (Å²) in [7, 11) is 0. The second-order valence-corrected chi connectivity index (χ2v) is 4.85. The summed E-state index contributed by atoms with van der Waals surface area (Å²) in [5.74, 6) is -0.112. The SMILES string of the molecule is CCCCCC1(c2cccc(F)c2)CNC1. The maximum absolute atomic E-state index is 13.2. The summed E-state index contributed by atoms with van der Waals surface area (Å²) in [4.78, 5) is 0. The van der Waals surface area contributed by atoms with E-state index in [0.29, 0.717) is 0 Å². The van der Waals surface area contributed by atoms with Crippen molar-refractivity contribution in [1.82, 2.24) is 5.32 Å². The first kappa shape index (κ1) is 11.6. The van der Waals surface area contributed by atoms with Gasteiger partial charge in [0.25, 0.3) is 0 Å². The molecule has 1 aromatic carbocycles. The van der Waals surface area contributed by atoms with Gasteiger partial charge >= 0.3 is 0 Å². The monoisotopic (exact) mass is 221 g/mol. The minimum atomic E-state index is -0.112. The highest BCUT2D eigenvalue weighted by Crippen LogP contribution is 2.34. The summed E-state index contributed by atoms with van der Waals surface area (Å²) in [6.45, 7) is 4.22. The first-order valence-electron chi connectivity index (χ1n) is 6.24. The lowest BCUT2D eigenvalue weighted by molar-refractivity contribution is 0.249. The fourth-order valence-electron chi connectivity index (χ4n) is 2.48. The predicted octanol–water partition coefficient (Wildman–Crippen LogP) is 3.25. The Balaban J connectivity index is 2.08. The van der Waals surface area contributed by atoms with E-state index in [1.54, 1.807) is 6.07 Å². The van der Waals surface area contributed by atoms with Gasteiger partial charge < -0.3 is 5.32 Å². The van der Waals surface area contributed by atoms with E-state index in [1.807, 2.05) is 6.07 Å². The second-order valence-electron chi connectivity index (χ2n) is 4.85. The number of rotatable bonds is 5. The molecule has 1 fully saturated rings. The Morgan fingerprint density at radius 3 is 2.69 bits per heavy atom. The molecule has 2 rings (SSSR count). The van der Waals surface area contributed by atoms with Gasteiger partial charge in [-0.15, -0.1) is 0 Å². The molecule has 1 saturated heterocycles. The zero-order valence-electron chi connectivity index (χ0n) is 9.93. The third-order valence-electron chi connectivity index (χ3n) is 3.62. The highest BCUT2D eigenvalue weighted by Gasteiger charge is 2.37. The third kappa shape index (κ3) is 2.27. The van der Waals surface area contributed by atoms with Crippen molar-refractivity contribution in [3.8, 4) is 0 Å². The lowest BCUT2D eigenvalue weighted by Crippen LogP contribution is -2.56. The van der Waals surface area contributed by atoms with Crippen molar-refractivity contribution < 1.29 is 4.39 Å². The zero-order chi connectivity index (χ0) is 11.4. The molecule has 0 saturated carbocycles. The minimum Gasteiger partial charge on any atom is -0.315 e. The molecule has 1 aliphatic rings. The van der Waals surface area contributed by atoms with Gasteiger partial charge in [-0.05, 0) is 24.1 Å². The van der Waals surface area contributed by atoms with Crippen LogP contribution in [0.25, 0.3) is 0 Å². The molecule has 1 aromatic rings. The zero-order valence-corrected chi connectivity index (χ0v) is 9.93. The van der Waals surface area contributed by atoms with E-state index in [0.717, 1.165) is 13.1 Å². The van der Waals surface area contributed by atoms with E-state index in [4.69, 9.17) is 0 Å². The number of halogens is 1. The molecule has 0 aromatic heterocycles. The molecule has 1 nitrogen and oxygen atoms in total. The van der Waals surface area contributed by atoms with Crippen molar-refractivity contribution in [2.24, 2.45) is 0 Å². The van der Waals surface area contributed by atoms with Gasteiger partial charge in [-0.2, -0.15) is 0 Å². The van der Waals surface area contributed by atoms with Gasteiger partial charge in [-0.25, -0.2) is 4.39 Å². The Morgan fingerprint density at radius 2 is 2.12 bits per heavy atom. The van der Waals surface area contributed by atoms with Gasteiger partial charge in [0, 0.05) is 18.5 Å². The minimum absolute atomic E-state index is 0.112. The smallest absolute Gasteiger partial charge is 0.123 e. The van der Waals surface area contributed by atoms with Crippen LogP contribution in [0.15, 0.2) is 24.3 Å². The summed E-state index contributed by atoms with van der Waals surface area (Å²) in [6, 6.07) is 7.11. The Labute approximate surface area is 97.1 Å². The molecule has 2 heteroatoms. The summed E-state index contributed by atoms with van der Waals surface area (Å²) in [5, 5.41) is 3.32. The number of hydrogen-bond donors (Lipinski definition) is 1. The van der Waals surface area contributed by atoms with E-state index in [1.165, 1.54) is 37.3 Å². The first-order chi connectivity index (χ1) is 7.77. The van der Waals surface area contributed by atoms with Gasteiger partial charge in [-0.1, -0.05) is 38.3 Å². The summed E-state index contributed by atoms with van der Waals surface area (Å²) in [6.07, 6.45) is 4.94. The number of benzene rings is 1. The third-order valence-corrected chi connectivity index (χ3v) is 3.62. The molecule has 1 aliphatic heterocycles. The van der Waals surface area contributed by atoms with E-state index in [9.17, 15) is 4.39 Å². The van der Waals surface area contributed by atoms with Gasteiger partial charge in [0.1, 0.15) is 5.82 Å². The summed E-state index contributed by atoms with van der Waals surface area (Å²) < 4.78 is 13.2. The van der Waals surface area contributed by atoms with Crippen LogP contribution in [0, 0.1) is 5.82 Å². The molecule has 0 atom stereocenters. The van der Waals surface area contributed by atoms with Crippen LogP contribution in [0.5, 0.6) is 0 Å². The van der Waals surface area contributed by atoms with Crippen LogP contribution in [0.3, 0.4) is 0 Å². The molecular formula is C14H20FN. The topological polar surface area (TPSA) is 12.0 Å². The highest BCUT2D eigenvalue weighted by molar-refractivity contribution is 5.30. The highest BCUT2D eigenvalue weighted by atomic mass is 19.1. The summed E-state index contributed by atoms with van der Waals surface area (Å²) in [5.41, 5.74) is 1.37. The Kier molecular flexibility index (Phi) is 3.59. The summed E-state index contributed by atoms with van der Waals surface area (Å²) >= 11 is 0. The number of hydrogen-bond acceptors (Lipinski definition) is 1. The predicted molar refractivity (Wildman–Crippen MR) is 65.1 cm³/mol. The molecule has 0 bridgehead atoms. The fraction of sp³-hybridized carbons (Fsp3) is 0.571. The van der Waals surface area contributed by atoms with Crippen molar-refractivity contribution in [3.63, 3.8) is 0 Å². The molecular weight excluding hydrogens is 201 g/mol. The van der Waals surface area contributed by atoms with Crippen LogP contribution in [-0.4, -0.2) is 13.1 Å². The molecule has 16 heavy (non-hydrogen) atoms.